The van der Waals surface area contributed by atoms with Crippen molar-refractivity contribution in [2.75, 3.05) is 6.61 Å². The third-order valence-electron chi connectivity index (χ3n) is 3.85. The van der Waals surface area contributed by atoms with E-state index in [1.807, 2.05) is 0 Å². The van der Waals surface area contributed by atoms with Gasteiger partial charge < -0.3 is 10.1 Å². The van der Waals surface area contributed by atoms with Gasteiger partial charge in [0.2, 0.25) is 0 Å². The zero-order valence-corrected chi connectivity index (χ0v) is 10.2. The smallest absolute Gasteiger partial charge is 0.310 e. The minimum Gasteiger partial charge on any atom is -0.465 e. The van der Waals surface area contributed by atoms with Crippen molar-refractivity contribution in [3.63, 3.8) is 0 Å². The van der Waals surface area contributed by atoms with Crippen molar-refractivity contribution >= 4 is 5.97 Å². The van der Waals surface area contributed by atoms with Gasteiger partial charge >= 0.3 is 5.97 Å². The number of unbranched alkanes of at least 4 members (excludes halogenated alkanes) is 3. The van der Waals surface area contributed by atoms with Crippen molar-refractivity contribution in [1.29, 1.82) is 0 Å². The Morgan fingerprint density at radius 2 is 2.19 bits per heavy atom. The second-order valence-electron chi connectivity index (χ2n) is 5.12. The molecule has 0 aromatic heterocycles. The molecule has 2 aliphatic heterocycles. The summed E-state index contributed by atoms with van der Waals surface area (Å²) < 4.78 is 5.35. The number of fused-ring (bicyclic) bond motifs is 2. The van der Waals surface area contributed by atoms with Gasteiger partial charge in [-0.2, -0.15) is 0 Å². The largest absolute Gasteiger partial charge is 0.465 e. The molecular formula is C13H23NO2. The highest BCUT2D eigenvalue weighted by atomic mass is 16.5. The average Bonchev–Trinajstić information content (AvgIpc) is 2.90. The van der Waals surface area contributed by atoms with Crippen LogP contribution in [0, 0.1) is 5.92 Å². The monoisotopic (exact) mass is 225 g/mol. The van der Waals surface area contributed by atoms with Gasteiger partial charge in [-0.15, -0.1) is 0 Å². The topological polar surface area (TPSA) is 38.3 Å². The maximum atomic E-state index is 11.8. The highest BCUT2D eigenvalue weighted by Gasteiger charge is 2.43. The average molecular weight is 225 g/mol. The van der Waals surface area contributed by atoms with Crippen LogP contribution in [-0.4, -0.2) is 24.7 Å². The number of ether oxygens (including phenoxy) is 1. The maximum Gasteiger partial charge on any atom is 0.310 e. The number of carbonyl (C=O) groups excluding carboxylic acids is 1. The fourth-order valence-corrected chi connectivity index (χ4v) is 2.89. The SMILES string of the molecule is CCCCCCOC(=O)C1CC2CCC1N2. The van der Waals surface area contributed by atoms with Crippen LogP contribution in [0.2, 0.25) is 0 Å². The van der Waals surface area contributed by atoms with Crippen LogP contribution in [0.4, 0.5) is 0 Å². The van der Waals surface area contributed by atoms with Gasteiger partial charge in [-0.1, -0.05) is 26.2 Å². The Balaban J connectivity index is 1.61. The summed E-state index contributed by atoms with van der Waals surface area (Å²) in [7, 11) is 0. The minimum atomic E-state index is 0.0381. The molecule has 2 heterocycles. The highest BCUT2D eigenvalue weighted by Crippen LogP contribution is 2.33. The molecule has 3 heteroatoms. The Morgan fingerprint density at radius 3 is 2.81 bits per heavy atom. The predicted octanol–water partition coefficient (Wildman–Crippen LogP) is 2.25. The van der Waals surface area contributed by atoms with E-state index in [-0.39, 0.29) is 11.9 Å². The quantitative estimate of drug-likeness (QED) is 0.556. The van der Waals surface area contributed by atoms with E-state index in [1.165, 1.54) is 25.7 Å². The Labute approximate surface area is 97.9 Å². The summed E-state index contributed by atoms with van der Waals surface area (Å²) in [5.74, 6) is 0.182. The lowest BCUT2D eigenvalue weighted by molar-refractivity contribution is -0.149. The molecule has 0 aliphatic carbocycles. The van der Waals surface area contributed by atoms with Gasteiger partial charge in [0.1, 0.15) is 0 Å². The molecule has 2 rings (SSSR count). The van der Waals surface area contributed by atoms with Crippen LogP contribution >= 0.6 is 0 Å². The maximum absolute atomic E-state index is 11.8. The molecule has 3 atom stereocenters. The van der Waals surface area contributed by atoms with Crippen LogP contribution in [0.15, 0.2) is 0 Å². The number of nitrogens with one attached hydrogen (secondary N) is 1. The molecule has 2 aliphatic rings. The number of rotatable bonds is 6. The van der Waals surface area contributed by atoms with Gasteiger partial charge in [0.05, 0.1) is 12.5 Å². The number of hydrogen-bond acceptors (Lipinski definition) is 3. The molecule has 3 nitrogen and oxygen atoms in total. The van der Waals surface area contributed by atoms with E-state index in [2.05, 4.69) is 12.2 Å². The number of esters is 1. The number of carbonyl (C=O) groups is 1. The van der Waals surface area contributed by atoms with Crippen LogP contribution in [0.3, 0.4) is 0 Å². The first-order chi connectivity index (χ1) is 7.81. The van der Waals surface area contributed by atoms with Gasteiger partial charge in [-0.05, 0) is 25.7 Å². The zero-order chi connectivity index (χ0) is 11.4. The molecule has 2 fully saturated rings. The van der Waals surface area contributed by atoms with Crippen molar-refractivity contribution in [3.05, 3.63) is 0 Å². The molecule has 0 radical (unpaired) electrons. The summed E-state index contributed by atoms with van der Waals surface area (Å²) in [4.78, 5) is 11.8. The van der Waals surface area contributed by atoms with Gasteiger partial charge in [-0.3, -0.25) is 4.79 Å². The molecule has 3 unspecified atom stereocenters. The summed E-state index contributed by atoms with van der Waals surface area (Å²) in [6.45, 7) is 2.81. The summed E-state index contributed by atoms with van der Waals surface area (Å²) in [6, 6.07) is 0.996. The first kappa shape index (κ1) is 11.9. The molecule has 1 N–H and O–H groups in total. The van der Waals surface area contributed by atoms with E-state index >= 15 is 0 Å². The minimum absolute atomic E-state index is 0.0381. The van der Waals surface area contributed by atoms with Crippen molar-refractivity contribution in [2.45, 2.75) is 64.0 Å². The normalized spacial score (nSPS) is 31.9. The van der Waals surface area contributed by atoms with Crippen LogP contribution in [0.5, 0.6) is 0 Å². The van der Waals surface area contributed by atoms with Crippen LogP contribution in [-0.2, 0) is 9.53 Å². The van der Waals surface area contributed by atoms with Gasteiger partial charge in [0.15, 0.2) is 0 Å². The van der Waals surface area contributed by atoms with Crippen LogP contribution in [0.25, 0.3) is 0 Å². The lowest BCUT2D eigenvalue weighted by Gasteiger charge is -2.18. The fraction of sp³-hybridized carbons (Fsp3) is 0.923. The van der Waals surface area contributed by atoms with Crippen LogP contribution in [0.1, 0.15) is 51.9 Å². The predicted molar refractivity (Wildman–Crippen MR) is 63.2 cm³/mol. The van der Waals surface area contributed by atoms with Crippen molar-refractivity contribution in [3.8, 4) is 0 Å². The summed E-state index contributed by atoms with van der Waals surface area (Å²) in [5.41, 5.74) is 0. The lowest BCUT2D eigenvalue weighted by Crippen LogP contribution is -2.30. The number of hydrogen-bond donors (Lipinski definition) is 1. The Hall–Kier alpha value is -0.570. The standard InChI is InChI=1S/C13H23NO2/c1-2-3-4-5-8-16-13(15)11-9-10-6-7-12(11)14-10/h10-12,14H,2-9H2,1H3. The van der Waals surface area contributed by atoms with E-state index < -0.39 is 0 Å². The molecule has 2 bridgehead atoms. The molecule has 0 spiro atoms. The van der Waals surface area contributed by atoms with E-state index in [9.17, 15) is 4.79 Å². The van der Waals surface area contributed by atoms with Gasteiger partial charge in [-0.25, -0.2) is 0 Å². The van der Waals surface area contributed by atoms with E-state index in [1.54, 1.807) is 0 Å². The third-order valence-corrected chi connectivity index (χ3v) is 3.85. The van der Waals surface area contributed by atoms with Crippen molar-refractivity contribution in [1.82, 2.24) is 5.32 Å². The fourth-order valence-electron chi connectivity index (χ4n) is 2.89. The first-order valence-electron chi connectivity index (χ1n) is 6.74. The molecule has 0 amide bonds. The first-order valence-corrected chi connectivity index (χ1v) is 6.74. The molecule has 16 heavy (non-hydrogen) atoms. The second-order valence-corrected chi connectivity index (χ2v) is 5.12. The van der Waals surface area contributed by atoms with Gasteiger partial charge in [0, 0.05) is 12.1 Å². The molecule has 0 aromatic rings. The summed E-state index contributed by atoms with van der Waals surface area (Å²) >= 11 is 0. The van der Waals surface area contributed by atoms with Crippen molar-refractivity contribution < 1.29 is 9.53 Å². The van der Waals surface area contributed by atoms with Crippen molar-refractivity contribution in [2.24, 2.45) is 5.92 Å². The molecule has 2 saturated heterocycles. The molecule has 0 saturated carbocycles. The highest BCUT2D eigenvalue weighted by molar-refractivity contribution is 5.74. The summed E-state index contributed by atoms with van der Waals surface area (Å²) in [6.07, 6.45) is 8.06. The van der Waals surface area contributed by atoms with Gasteiger partial charge in [0.25, 0.3) is 0 Å². The Bertz CT molecular complexity index is 242. The third kappa shape index (κ3) is 2.76. The Morgan fingerprint density at radius 1 is 1.31 bits per heavy atom. The zero-order valence-electron chi connectivity index (χ0n) is 10.2. The summed E-state index contributed by atoms with van der Waals surface area (Å²) in [5, 5.41) is 3.47. The second kappa shape index (κ2) is 5.67. The van der Waals surface area contributed by atoms with E-state index in [0.717, 1.165) is 19.3 Å². The van der Waals surface area contributed by atoms with E-state index in [0.29, 0.717) is 18.7 Å². The van der Waals surface area contributed by atoms with E-state index in [4.69, 9.17) is 4.74 Å². The molecule has 0 aromatic carbocycles. The lowest BCUT2D eigenvalue weighted by atomic mass is 9.89. The molecule has 92 valence electrons. The van der Waals surface area contributed by atoms with Crippen LogP contribution < -0.4 is 5.32 Å². The Kier molecular flexibility index (Phi) is 4.22. The molecular weight excluding hydrogens is 202 g/mol.